The number of rotatable bonds is 3. The van der Waals surface area contributed by atoms with Crippen LogP contribution in [0.1, 0.15) is 31.5 Å². The second kappa shape index (κ2) is 4.74. The van der Waals surface area contributed by atoms with E-state index in [9.17, 15) is 0 Å². The second-order valence-corrected chi connectivity index (χ2v) is 6.42. The average Bonchev–Trinajstić information content (AvgIpc) is 2.83. The molecule has 0 saturated heterocycles. The molecule has 0 atom stereocenters. The Balaban J connectivity index is 2.21. The van der Waals surface area contributed by atoms with Crippen molar-refractivity contribution < 1.29 is 0 Å². The molecule has 0 aliphatic carbocycles. The minimum Gasteiger partial charge on any atom is -0.337 e. The van der Waals surface area contributed by atoms with Gasteiger partial charge in [-0.05, 0) is 12.2 Å². The van der Waals surface area contributed by atoms with Gasteiger partial charge in [0.05, 0.1) is 5.01 Å². The van der Waals surface area contributed by atoms with Crippen LogP contribution in [-0.4, -0.2) is 14.5 Å². The third-order valence-corrected chi connectivity index (χ3v) is 3.85. The highest BCUT2D eigenvalue weighted by molar-refractivity contribution is 7.71. The molecule has 3 nitrogen and oxygen atoms in total. The molecule has 92 valence electrons. The molecule has 0 amide bonds. The highest BCUT2D eigenvalue weighted by Gasteiger charge is 2.19. The highest BCUT2D eigenvalue weighted by Crippen LogP contribution is 2.22. The molecule has 2 aromatic heterocycles. The van der Waals surface area contributed by atoms with E-state index in [1.165, 1.54) is 5.69 Å². The summed E-state index contributed by atoms with van der Waals surface area (Å²) in [7, 11) is 0. The molecular formula is C12H17N3S2. The van der Waals surface area contributed by atoms with E-state index in [-0.39, 0.29) is 5.41 Å². The van der Waals surface area contributed by atoms with Crippen LogP contribution in [0.4, 0.5) is 0 Å². The van der Waals surface area contributed by atoms with Gasteiger partial charge in [-0.3, -0.25) is 0 Å². The maximum Gasteiger partial charge on any atom is 0.177 e. The molecule has 2 rings (SSSR count). The summed E-state index contributed by atoms with van der Waals surface area (Å²) in [5, 5.41) is 3.17. The first-order valence-corrected chi connectivity index (χ1v) is 6.94. The molecule has 17 heavy (non-hydrogen) atoms. The van der Waals surface area contributed by atoms with Crippen molar-refractivity contribution in [1.29, 1.82) is 0 Å². The lowest BCUT2D eigenvalue weighted by atomic mass is 9.92. The van der Waals surface area contributed by atoms with Gasteiger partial charge >= 0.3 is 0 Å². The van der Waals surface area contributed by atoms with Crippen LogP contribution in [0.15, 0.2) is 17.8 Å². The quantitative estimate of drug-likeness (QED) is 0.863. The SMILES string of the molecule is CC(C)(C)c1c[nH]c(=S)n1CCc1nccs1. The Morgan fingerprint density at radius 2 is 2.24 bits per heavy atom. The van der Waals surface area contributed by atoms with E-state index < -0.39 is 0 Å². The summed E-state index contributed by atoms with van der Waals surface area (Å²) in [6.45, 7) is 7.49. The monoisotopic (exact) mass is 267 g/mol. The number of nitrogens with zero attached hydrogens (tertiary/aromatic N) is 2. The predicted octanol–water partition coefficient (Wildman–Crippen LogP) is 3.54. The summed E-state index contributed by atoms with van der Waals surface area (Å²) in [6, 6.07) is 0. The molecule has 0 aliphatic rings. The number of aromatic amines is 1. The molecule has 0 aliphatic heterocycles. The van der Waals surface area contributed by atoms with Crippen LogP contribution in [0.5, 0.6) is 0 Å². The minimum absolute atomic E-state index is 0.108. The molecule has 0 saturated carbocycles. The van der Waals surface area contributed by atoms with Gasteiger partial charge in [-0.1, -0.05) is 20.8 Å². The zero-order valence-corrected chi connectivity index (χ0v) is 12.0. The lowest BCUT2D eigenvalue weighted by molar-refractivity contribution is 0.513. The molecular weight excluding hydrogens is 250 g/mol. The second-order valence-electron chi connectivity index (χ2n) is 5.06. The van der Waals surface area contributed by atoms with Crippen molar-refractivity contribution in [2.45, 2.75) is 39.2 Å². The molecule has 0 fully saturated rings. The van der Waals surface area contributed by atoms with Gasteiger partial charge in [0, 0.05) is 41.8 Å². The van der Waals surface area contributed by atoms with Crippen LogP contribution in [0, 0.1) is 4.77 Å². The third kappa shape index (κ3) is 2.84. The number of hydrogen-bond donors (Lipinski definition) is 1. The molecule has 0 aromatic carbocycles. The van der Waals surface area contributed by atoms with Crippen LogP contribution in [-0.2, 0) is 18.4 Å². The summed E-state index contributed by atoms with van der Waals surface area (Å²) in [6.07, 6.45) is 4.80. The van der Waals surface area contributed by atoms with Gasteiger partial charge in [-0.15, -0.1) is 11.3 Å². The first kappa shape index (κ1) is 12.5. The van der Waals surface area contributed by atoms with Crippen molar-refractivity contribution in [2.75, 3.05) is 0 Å². The average molecular weight is 267 g/mol. The van der Waals surface area contributed by atoms with E-state index in [4.69, 9.17) is 12.2 Å². The summed E-state index contributed by atoms with van der Waals surface area (Å²) >= 11 is 7.02. The van der Waals surface area contributed by atoms with Crippen molar-refractivity contribution in [3.05, 3.63) is 33.2 Å². The van der Waals surface area contributed by atoms with Gasteiger partial charge in [0.2, 0.25) is 0 Å². The van der Waals surface area contributed by atoms with Crippen LogP contribution < -0.4 is 0 Å². The van der Waals surface area contributed by atoms with E-state index in [1.807, 2.05) is 17.8 Å². The number of imidazole rings is 1. The largest absolute Gasteiger partial charge is 0.337 e. The van der Waals surface area contributed by atoms with E-state index in [0.29, 0.717) is 0 Å². The summed E-state index contributed by atoms with van der Waals surface area (Å²) < 4.78 is 2.97. The molecule has 0 unspecified atom stereocenters. The molecule has 2 aromatic rings. The highest BCUT2D eigenvalue weighted by atomic mass is 32.1. The maximum absolute atomic E-state index is 5.33. The van der Waals surface area contributed by atoms with Crippen LogP contribution in [0.3, 0.4) is 0 Å². The lowest BCUT2D eigenvalue weighted by Crippen LogP contribution is -2.18. The third-order valence-electron chi connectivity index (χ3n) is 2.67. The Labute approximate surface area is 111 Å². The minimum atomic E-state index is 0.108. The molecule has 0 radical (unpaired) electrons. The number of aromatic nitrogens is 3. The topological polar surface area (TPSA) is 33.6 Å². The number of nitrogens with one attached hydrogen (secondary N) is 1. The molecule has 0 bridgehead atoms. The fourth-order valence-electron chi connectivity index (χ4n) is 1.82. The van der Waals surface area contributed by atoms with Crippen LogP contribution in [0.2, 0.25) is 0 Å². The fourth-order valence-corrected chi connectivity index (χ4v) is 2.68. The van der Waals surface area contributed by atoms with Crippen molar-refractivity contribution >= 4 is 23.6 Å². The first-order chi connectivity index (χ1) is 7.98. The van der Waals surface area contributed by atoms with Crippen LogP contribution in [0.25, 0.3) is 0 Å². The maximum atomic E-state index is 5.33. The Morgan fingerprint density at radius 1 is 1.47 bits per heavy atom. The Kier molecular flexibility index (Phi) is 3.49. The number of thiazole rings is 1. The van der Waals surface area contributed by atoms with Gasteiger partial charge in [0.25, 0.3) is 0 Å². The van der Waals surface area contributed by atoms with Crippen molar-refractivity contribution in [1.82, 2.24) is 14.5 Å². The molecule has 0 spiro atoms. The zero-order chi connectivity index (χ0) is 12.5. The summed E-state index contributed by atoms with van der Waals surface area (Å²) in [4.78, 5) is 7.43. The predicted molar refractivity (Wildman–Crippen MR) is 74.1 cm³/mol. The lowest BCUT2D eigenvalue weighted by Gasteiger charge is -2.20. The number of hydrogen-bond acceptors (Lipinski definition) is 3. The normalized spacial score (nSPS) is 11.9. The molecule has 2 heterocycles. The van der Waals surface area contributed by atoms with E-state index >= 15 is 0 Å². The smallest absolute Gasteiger partial charge is 0.177 e. The number of aryl methyl sites for hydroxylation is 1. The molecule has 1 N–H and O–H groups in total. The zero-order valence-electron chi connectivity index (χ0n) is 10.4. The Morgan fingerprint density at radius 3 is 2.82 bits per heavy atom. The summed E-state index contributed by atoms with van der Waals surface area (Å²) in [5.74, 6) is 0. The van der Waals surface area contributed by atoms with Gasteiger partial charge in [-0.25, -0.2) is 4.98 Å². The van der Waals surface area contributed by atoms with Crippen molar-refractivity contribution in [2.24, 2.45) is 0 Å². The van der Waals surface area contributed by atoms with E-state index in [1.54, 1.807) is 11.3 Å². The van der Waals surface area contributed by atoms with Gasteiger partial charge in [-0.2, -0.15) is 0 Å². The summed E-state index contributed by atoms with van der Waals surface area (Å²) in [5.41, 5.74) is 1.36. The van der Waals surface area contributed by atoms with Gasteiger partial charge < -0.3 is 9.55 Å². The van der Waals surface area contributed by atoms with Gasteiger partial charge in [0.1, 0.15) is 0 Å². The number of H-pyrrole nitrogens is 1. The van der Waals surface area contributed by atoms with Crippen molar-refractivity contribution in [3.8, 4) is 0 Å². The standard InChI is InChI=1S/C12H17N3S2/c1-12(2,3)9-8-14-11(16)15(9)6-4-10-13-5-7-17-10/h5,7-8H,4,6H2,1-3H3,(H,14,16). The van der Waals surface area contributed by atoms with Crippen molar-refractivity contribution in [3.63, 3.8) is 0 Å². The van der Waals surface area contributed by atoms with Gasteiger partial charge in [0.15, 0.2) is 4.77 Å². The van der Waals surface area contributed by atoms with Crippen LogP contribution >= 0.6 is 23.6 Å². The Hall–Kier alpha value is -0.940. The Bertz CT molecular complexity index is 529. The van der Waals surface area contributed by atoms with E-state index in [2.05, 4.69) is 35.3 Å². The first-order valence-electron chi connectivity index (χ1n) is 5.65. The fraction of sp³-hybridized carbons (Fsp3) is 0.500. The van der Waals surface area contributed by atoms with E-state index in [0.717, 1.165) is 22.7 Å². The molecule has 5 heteroatoms.